The monoisotopic (exact) mass is 277 g/mol. The smallest absolute Gasteiger partial charge is 0.307 e. The molecule has 0 spiro atoms. The molecule has 1 aliphatic rings. The van der Waals surface area contributed by atoms with E-state index in [1.165, 1.54) is 0 Å². The Kier molecular flexibility index (Phi) is 6.08. The van der Waals surface area contributed by atoms with Crippen LogP contribution in [0.1, 0.15) is 33.1 Å². The van der Waals surface area contributed by atoms with E-state index in [2.05, 4.69) is 12.2 Å². The molecule has 5 nitrogen and oxygen atoms in total. The molecule has 1 fully saturated rings. The van der Waals surface area contributed by atoms with Gasteiger partial charge in [-0.25, -0.2) is 8.42 Å². The van der Waals surface area contributed by atoms with E-state index in [1.54, 1.807) is 0 Å². The Bertz CT molecular complexity index is 366. The summed E-state index contributed by atoms with van der Waals surface area (Å²) >= 11 is 0. The minimum absolute atomic E-state index is 0.0343. The number of carbonyl (C=O) groups excluding carboxylic acids is 1. The predicted molar refractivity (Wildman–Crippen MR) is 70.1 cm³/mol. The van der Waals surface area contributed by atoms with Crippen molar-refractivity contribution in [1.29, 1.82) is 0 Å². The van der Waals surface area contributed by atoms with Gasteiger partial charge >= 0.3 is 5.97 Å². The molecule has 0 aliphatic carbocycles. The third-order valence-electron chi connectivity index (χ3n) is 3.02. The first-order valence-electron chi connectivity index (χ1n) is 6.52. The summed E-state index contributed by atoms with van der Waals surface area (Å²) in [5.41, 5.74) is 0. The summed E-state index contributed by atoms with van der Waals surface area (Å²) in [6.45, 7) is 4.98. The zero-order valence-electron chi connectivity index (χ0n) is 11.1. The zero-order valence-corrected chi connectivity index (χ0v) is 12.0. The summed E-state index contributed by atoms with van der Waals surface area (Å²) in [5.74, 6) is 0.244. The van der Waals surface area contributed by atoms with E-state index in [9.17, 15) is 13.2 Å². The third-order valence-corrected chi connectivity index (χ3v) is 4.76. The average molecular weight is 277 g/mol. The maximum Gasteiger partial charge on any atom is 0.307 e. The van der Waals surface area contributed by atoms with E-state index >= 15 is 0 Å². The van der Waals surface area contributed by atoms with Gasteiger partial charge in [-0.05, 0) is 12.3 Å². The molecule has 0 radical (unpaired) electrons. The Morgan fingerprint density at radius 3 is 2.83 bits per heavy atom. The summed E-state index contributed by atoms with van der Waals surface area (Å²) in [5, 5.41) is 3.04. The van der Waals surface area contributed by atoms with Crippen LogP contribution in [0.3, 0.4) is 0 Å². The second-order valence-corrected chi connectivity index (χ2v) is 7.28. The quantitative estimate of drug-likeness (QED) is 0.725. The minimum Gasteiger partial charge on any atom is -0.465 e. The largest absolute Gasteiger partial charge is 0.465 e. The maximum atomic E-state index is 11.6. The lowest BCUT2D eigenvalue weighted by atomic mass is 10.1. The molecule has 0 saturated carbocycles. The van der Waals surface area contributed by atoms with Gasteiger partial charge in [-0.3, -0.25) is 4.79 Å². The molecule has 2 unspecified atom stereocenters. The highest BCUT2D eigenvalue weighted by atomic mass is 32.2. The number of rotatable bonds is 6. The summed E-state index contributed by atoms with van der Waals surface area (Å²) in [6, 6.07) is -0.294. The molecule has 2 atom stereocenters. The van der Waals surface area contributed by atoms with Crippen LogP contribution < -0.4 is 5.32 Å². The molecule has 1 rings (SSSR count). The molecule has 1 saturated heterocycles. The number of esters is 1. The Morgan fingerprint density at radius 1 is 1.50 bits per heavy atom. The van der Waals surface area contributed by atoms with E-state index in [1.807, 2.05) is 6.92 Å². The van der Waals surface area contributed by atoms with E-state index in [-0.39, 0.29) is 29.9 Å². The van der Waals surface area contributed by atoms with Crippen molar-refractivity contribution in [2.24, 2.45) is 5.92 Å². The lowest BCUT2D eigenvalue weighted by Gasteiger charge is -2.23. The number of hydrogen-bond donors (Lipinski definition) is 1. The van der Waals surface area contributed by atoms with Crippen LogP contribution in [0.4, 0.5) is 0 Å². The molecule has 1 heterocycles. The van der Waals surface area contributed by atoms with Crippen LogP contribution in [0.15, 0.2) is 0 Å². The molecule has 0 aromatic heterocycles. The Labute approximate surface area is 109 Å². The molecule has 0 aromatic rings. The average Bonchev–Trinajstić information content (AvgIpc) is 2.25. The van der Waals surface area contributed by atoms with Crippen molar-refractivity contribution in [3.63, 3.8) is 0 Å². The first kappa shape index (κ1) is 15.4. The van der Waals surface area contributed by atoms with E-state index < -0.39 is 9.84 Å². The van der Waals surface area contributed by atoms with Crippen LogP contribution in [0.5, 0.6) is 0 Å². The fourth-order valence-corrected chi connectivity index (χ4v) is 3.51. The lowest BCUT2D eigenvalue weighted by Crippen LogP contribution is -2.46. The molecule has 0 bridgehead atoms. The van der Waals surface area contributed by atoms with Crippen LogP contribution >= 0.6 is 0 Å². The summed E-state index contributed by atoms with van der Waals surface area (Å²) in [7, 11) is -2.99. The second kappa shape index (κ2) is 7.09. The van der Waals surface area contributed by atoms with Crippen molar-refractivity contribution >= 4 is 15.8 Å². The van der Waals surface area contributed by atoms with Gasteiger partial charge in [-0.1, -0.05) is 20.3 Å². The number of sulfone groups is 1. The fourth-order valence-electron chi connectivity index (χ4n) is 2.07. The number of hydrogen-bond acceptors (Lipinski definition) is 5. The van der Waals surface area contributed by atoms with E-state index in [4.69, 9.17) is 4.74 Å². The van der Waals surface area contributed by atoms with Crippen LogP contribution in [0, 0.1) is 5.92 Å². The molecule has 1 aliphatic heterocycles. The highest BCUT2D eigenvalue weighted by Crippen LogP contribution is 2.08. The summed E-state index contributed by atoms with van der Waals surface area (Å²) in [6.07, 6.45) is 2.24. The molecule has 106 valence electrons. The molecular weight excluding hydrogens is 254 g/mol. The zero-order chi connectivity index (χ0) is 13.6. The van der Waals surface area contributed by atoms with Gasteiger partial charge in [0.15, 0.2) is 9.84 Å². The van der Waals surface area contributed by atoms with Crippen molar-refractivity contribution in [2.45, 2.75) is 39.2 Å². The fraction of sp³-hybridized carbons (Fsp3) is 0.917. The van der Waals surface area contributed by atoms with Gasteiger partial charge in [-0.15, -0.1) is 0 Å². The van der Waals surface area contributed by atoms with Crippen molar-refractivity contribution in [1.82, 2.24) is 5.32 Å². The molecule has 18 heavy (non-hydrogen) atoms. The first-order chi connectivity index (χ1) is 8.43. The SMILES string of the molecule is CCCC(C)COC(=O)CC1CS(=O)(=O)CCN1. The number of nitrogens with one attached hydrogen (secondary N) is 1. The van der Waals surface area contributed by atoms with Gasteiger partial charge < -0.3 is 10.1 Å². The van der Waals surface area contributed by atoms with Gasteiger partial charge in [-0.2, -0.15) is 0 Å². The maximum absolute atomic E-state index is 11.6. The lowest BCUT2D eigenvalue weighted by molar-refractivity contribution is -0.145. The predicted octanol–water partition coefficient (Wildman–Crippen LogP) is 0.742. The van der Waals surface area contributed by atoms with Gasteiger partial charge in [0.25, 0.3) is 0 Å². The normalized spacial score (nSPS) is 24.4. The van der Waals surface area contributed by atoms with Crippen molar-refractivity contribution in [2.75, 3.05) is 24.7 Å². The van der Waals surface area contributed by atoms with Crippen LogP contribution in [-0.2, 0) is 19.4 Å². The Hall–Kier alpha value is -0.620. The number of carbonyl (C=O) groups is 1. The van der Waals surface area contributed by atoms with E-state index in [0.29, 0.717) is 19.1 Å². The Morgan fingerprint density at radius 2 is 2.22 bits per heavy atom. The highest BCUT2D eigenvalue weighted by Gasteiger charge is 2.26. The molecular formula is C12H23NO4S. The highest BCUT2D eigenvalue weighted by molar-refractivity contribution is 7.91. The van der Waals surface area contributed by atoms with Gasteiger partial charge in [0.2, 0.25) is 0 Å². The van der Waals surface area contributed by atoms with Crippen LogP contribution in [0.25, 0.3) is 0 Å². The van der Waals surface area contributed by atoms with Crippen LogP contribution in [0.2, 0.25) is 0 Å². The Balaban J connectivity index is 2.27. The van der Waals surface area contributed by atoms with E-state index in [0.717, 1.165) is 12.8 Å². The minimum atomic E-state index is -2.99. The third kappa shape index (κ3) is 5.82. The van der Waals surface area contributed by atoms with Crippen molar-refractivity contribution in [3.8, 4) is 0 Å². The van der Waals surface area contributed by atoms with Crippen molar-refractivity contribution < 1.29 is 17.9 Å². The summed E-state index contributed by atoms with van der Waals surface area (Å²) < 4.78 is 28.0. The molecule has 1 N–H and O–H groups in total. The van der Waals surface area contributed by atoms with Gasteiger partial charge in [0, 0.05) is 12.6 Å². The van der Waals surface area contributed by atoms with Crippen LogP contribution in [-0.4, -0.2) is 45.1 Å². The summed E-state index contributed by atoms with van der Waals surface area (Å²) in [4.78, 5) is 11.6. The number of ether oxygens (including phenoxy) is 1. The van der Waals surface area contributed by atoms with Crippen molar-refractivity contribution in [3.05, 3.63) is 0 Å². The standard InChI is InChI=1S/C12H23NO4S/c1-3-4-10(2)8-17-12(14)7-11-9-18(15,16)6-5-13-11/h10-11,13H,3-9H2,1-2H3. The van der Waals surface area contributed by atoms with Gasteiger partial charge in [0.05, 0.1) is 24.5 Å². The second-order valence-electron chi connectivity index (χ2n) is 5.05. The molecule has 0 amide bonds. The molecule has 0 aromatic carbocycles. The molecule has 6 heteroatoms. The first-order valence-corrected chi connectivity index (χ1v) is 8.34. The van der Waals surface area contributed by atoms with Gasteiger partial charge in [0.1, 0.15) is 0 Å². The topological polar surface area (TPSA) is 72.5 Å².